The molecule has 0 N–H and O–H groups in total. The highest BCUT2D eigenvalue weighted by atomic mass is 32.1. The largest absolute Gasteiger partial charge is 0.496 e. The topological polar surface area (TPSA) is 79.1 Å². The zero-order chi connectivity index (χ0) is 29.4. The van der Waals surface area contributed by atoms with Crippen molar-refractivity contribution in [2.75, 3.05) is 20.3 Å². The molecule has 7 nitrogen and oxygen atoms in total. The van der Waals surface area contributed by atoms with Gasteiger partial charge in [0.15, 0.2) is 4.80 Å². The van der Waals surface area contributed by atoms with E-state index < -0.39 is 12.0 Å². The Kier molecular flexibility index (Phi) is 7.39. The van der Waals surface area contributed by atoms with Crippen LogP contribution in [0.5, 0.6) is 11.5 Å². The number of carbonyl (C=O) groups excluding carboxylic acids is 1. The maximum Gasteiger partial charge on any atom is 0.338 e. The summed E-state index contributed by atoms with van der Waals surface area (Å²) in [5.74, 6) is 0.746. The molecule has 0 aliphatic carbocycles. The molecule has 1 aliphatic heterocycles. The van der Waals surface area contributed by atoms with E-state index in [2.05, 4.69) is 0 Å². The van der Waals surface area contributed by atoms with Gasteiger partial charge in [0.05, 0.1) is 36.1 Å². The van der Waals surface area contributed by atoms with E-state index in [4.69, 9.17) is 19.2 Å². The highest BCUT2D eigenvalue weighted by Crippen LogP contribution is 2.40. The van der Waals surface area contributed by atoms with Crippen molar-refractivity contribution >= 4 is 44.9 Å². The van der Waals surface area contributed by atoms with Crippen LogP contribution in [-0.2, 0) is 9.53 Å². The Morgan fingerprint density at radius 1 is 0.929 bits per heavy atom. The first-order valence-corrected chi connectivity index (χ1v) is 14.7. The Labute approximate surface area is 246 Å². The quantitative estimate of drug-likeness (QED) is 0.238. The van der Waals surface area contributed by atoms with Gasteiger partial charge < -0.3 is 14.2 Å². The molecule has 0 bridgehead atoms. The normalized spacial score (nSPS) is 15.0. The van der Waals surface area contributed by atoms with Crippen LogP contribution in [0.25, 0.3) is 27.6 Å². The summed E-state index contributed by atoms with van der Waals surface area (Å²) in [6.45, 7) is 6.16. The molecule has 0 unspecified atom stereocenters. The van der Waals surface area contributed by atoms with Crippen LogP contribution >= 0.6 is 11.3 Å². The minimum Gasteiger partial charge on any atom is -0.496 e. The number of nitrogens with zero attached hydrogens (tertiary/aromatic N) is 2. The second-order valence-electron chi connectivity index (χ2n) is 9.84. The van der Waals surface area contributed by atoms with Gasteiger partial charge in [-0.2, -0.15) is 0 Å². The number of carbonyl (C=O) groups is 1. The van der Waals surface area contributed by atoms with Crippen LogP contribution in [0.1, 0.15) is 37.9 Å². The van der Waals surface area contributed by atoms with Crippen molar-refractivity contribution in [3.63, 3.8) is 0 Å². The van der Waals surface area contributed by atoms with Crippen LogP contribution in [0, 0.1) is 0 Å². The number of benzene rings is 4. The van der Waals surface area contributed by atoms with Crippen molar-refractivity contribution in [2.45, 2.75) is 26.8 Å². The summed E-state index contributed by atoms with van der Waals surface area (Å²) < 4.78 is 19.4. The Morgan fingerprint density at radius 3 is 2.29 bits per heavy atom. The monoisotopic (exact) mass is 578 g/mol. The van der Waals surface area contributed by atoms with Gasteiger partial charge in [0.2, 0.25) is 0 Å². The Balaban J connectivity index is 1.68. The second-order valence-corrected chi connectivity index (χ2v) is 10.8. The molecule has 4 aromatic carbocycles. The number of fused-ring (bicyclic) bond motifs is 3. The third kappa shape index (κ3) is 4.58. The zero-order valence-corrected chi connectivity index (χ0v) is 24.7. The van der Waals surface area contributed by atoms with Crippen molar-refractivity contribution in [1.29, 1.82) is 0 Å². The van der Waals surface area contributed by atoms with E-state index in [9.17, 15) is 9.59 Å². The van der Waals surface area contributed by atoms with Crippen LogP contribution < -0.4 is 24.4 Å². The Hall–Kier alpha value is -4.69. The van der Waals surface area contributed by atoms with Gasteiger partial charge in [-0.05, 0) is 60.5 Å². The van der Waals surface area contributed by atoms with Gasteiger partial charge in [-0.1, -0.05) is 72.0 Å². The predicted molar refractivity (Wildman–Crippen MR) is 166 cm³/mol. The van der Waals surface area contributed by atoms with Gasteiger partial charge in [0.1, 0.15) is 17.5 Å². The number of aromatic nitrogens is 1. The van der Waals surface area contributed by atoms with E-state index >= 15 is 0 Å². The summed E-state index contributed by atoms with van der Waals surface area (Å²) in [5, 5.41) is 3.86. The van der Waals surface area contributed by atoms with E-state index in [1.54, 1.807) is 25.5 Å². The third-order valence-electron chi connectivity index (χ3n) is 7.45. The number of rotatable bonds is 7. The summed E-state index contributed by atoms with van der Waals surface area (Å²) in [5.41, 5.74) is 2.08. The fourth-order valence-electron chi connectivity index (χ4n) is 5.64. The summed E-state index contributed by atoms with van der Waals surface area (Å²) in [4.78, 5) is 33.1. The van der Waals surface area contributed by atoms with Gasteiger partial charge in [-0.3, -0.25) is 9.36 Å². The molecule has 0 saturated heterocycles. The Morgan fingerprint density at radius 2 is 1.60 bits per heavy atom. The molecular formula is C34H30N2O5S. The standard InChI is InChI=1S/C34H30N2O5S/c1-5-40-26-17-15-21-11-7-9-13-23(21)25(26)19-28-32(37)36-31(29(33(38)41-6-2)20(3)35-34(36)42-28)30-24-14-10-8-12-22(24)16-18-27(30)39-4/h7-19,31H,5-6H2,1-4H3/t31-/m1/s1. The molecule has 1 atom stereocenters. The highest BCUT2D eigenvalue weighted by molar-refractivity contribution is 7.07. The molecule has 0 radical (unpaired) electrons. The van der Waals surface area contributed by atoms with E-state index in [-0.39, 0.29) is 12.2 Å². The minimum absolute atomic E-state index is 0.195. The first-order chi connectivity index (χ1) is 20.5. The fourth-order valence-corrected chi connectivity index (χ4v) is 6.67. The smallest absolute Gasteiger partial charge is 0.338 e. The lowest BCUT2D eigenvalue weighted by Crippen LogP contribution is -2.40. The number of esters is 1. The van der Waals surface area contributed by atoms with Crippen LogP contribution in [0.3, 0.4) is 0 Å². The van der Waals surface area contributed by atoms with Gasteiger partial charge in [0.25, 0.3) is 5.56 Å². The first-order valence-electron chi connectivity index (χ1n) is 13.9. The van der Waals surface area contributed by atoms with Gasteiger partial charge in [-0.25, -0.2) is 9.79 Å². The molecule has 42 heavy (non-hydrogen) atoms. The maximum atomic E-state index is 14.4. The molecule has 0 amide bonds. The van der Waals surface area contributed by atoms with E-state index in [0.717, 1.165) is 27.1 Å². The molecule has 8 heteroatoms. The molecule has 0 saturated carbocycles. The van der Waals surface area contributed by atoms with Crippen LogP contribution in [0.15, 0.2) is 93.9 Å². The summed E-state index contributed by atoms with van der Waals surface area (Å²) in [6.07, 6.45) is 1.87. The van der Waals surface area contributed by atoms with Crippen molar-refractivity contribution in [1.82, 2.24) is 4.57 Å². The third-order valence-corrected chi connectivity index (χ3v) is 8.43. The lowest BCUT2D eigenvalue weighted by molar-refractivity contribution is -0.139. The maximum absolute atomic E-state index is 14.4. The summed E-state index contributed by atoms with van der Waals surface area (Å²) in [6, 6.07) is 22.9. The van der Waals surface area contributed by atoms with Crippen molar-refractivity contribution < 1.29 is 19.0 Å². The lowest BCUT2D eigenvalue weighted by Gasteiger charge is -2.27. The second kappa shape index (κ2) is 11.3. The van der Waals surface area contributed by atoms with Crippen molar-refractivity contribution in [3.8, 4) is 11.5 Å². The SMILES string of the molecule is CCOC(=O)C1=C(C)N=c2sc(=Cc3c(OCC)ccc4ccccc34)c(=O)n2[C@H]1c1c(OC)ccc2ccccc12. The number of hydrogen-bond acceptors (Lipinski definition) is 7. The number of methoxy groups -OCH3 is 1. The number of allylic oxidation sites excluding steroid dienone is 1. The number of thiazole rings is 1. The molecule has 1 aromatic heterocycles. The molecular weight excluding hydrogens is 548 g/mol. The fraction of sp³-hybridized carbons (Fsp3) is 0.206. The molecule has 2 heterocycles. The Bertz CT molecular complexity index is 2070. The van der Waals surface area contributed by atoms with Crippen molar-refractivity contribution in [2.24, 2.45) is 4.99 Å². The van der Waals surface area contributed by atoms with Crippen LogP contribution in [0.4, 0.5) is 0 Å². The predicted octanol–water partition coefficient (Wildman–Crippen LogP) is 5.51. The molecule has 212 valence electrons. The summed E-state index contributed by atoms with van der Waals surface area (Å²) >= 11 is 1.29. The summed E-state index contributed by atoms with van der Waals surface area (Å²) in [7, 11) is 1.59. The van der Waals surface area contributed by atoms with Gasteiger partial charge in [-0.15, -0.1) is 0 Å². The van der Waals surface area contributed by atoms with Gasteiger partial charge in [0, 0.05) is 11.1 Å². The minimum atomic E-state index is -0.803. The average molecular weight is 579 g/mol. The molecule has 0 spiro atoms. The first kappa shape index (κ1) is 27.5. The molecule has 1 aliphatic rings. The van der Waals surface area contributed by atoms with E-state index in [0.29, 0.717) is 44.3 Å². The number of ether oxygens (including phenoxy) is 3. The van der Waals surface area contributed by atoms with Crippen LogP contribution in [0.2, 0.25) is 0 Å². The van der Waals surface area contributed by atoms with E-state index in [1.807, 2.05) is 85.8 Å². The van der Waals surface area contributed by atoms with E-state index in [1.165, 1.54) is 11.3 Å². The highest BCUT2D eigenvalue weighted by Gasteiger charge is 2.36. The zero-order valence-electron chi connectivity index (χ0n) is 23.8. The molecule has 5 aromatic rings. The van der Waals surface area contributed by atoms with Crippen LogP contribution in [-0.4, -0.2) is 30.9 Å². The lowest BCUT2D eigenvalue weighted by atomic mass is 9.90. The van der Waals surface area contributed by atoms with Gasteiger partial charge >= 0.3 is 5.97 Å². The molecule has 0 fully saturated rings. The number of hydrogen-bond donors (Lipinski definition) is 0. The average Bonchev–Trinajstić information content (AvgIpc) is 3.31. The molecule has 6 rings (SSSR count). The van der Waals surface area contributed by atoms with Crippen molar-refractivity contribution in [3.05, 3.63) is 115 Å².